The van der Waals surface area contributed by atoms with Gasteiger partial charge in [0.2, 0.25) is 17.7 Å². The molecule has 0 aromatic heterocycles. The number of rotatable bonds is 9. The summed E-state index contributed by atoms with van der Waals surface area (Å²) in [5.74, 6) is -6.08. The number of carboxylic acids is 1. The van der Waals surface area contributed by atoms with E-state index in [4.69, 9.17) is 16.2 Å². The van der Waals surface area contributed by atoms with Crippen molar-refractivity contribution in [3.8, 4) is 0 Å². The highest BCUT2D eigenvalue weighted by molar-refractivity contribution is 5.97. The molecule has 8 N–H and O–H groups in total. The number of nitrogens with zero attached hydrogens (tertiary/aromatic N) is 2. The fourth-order valence-corrected chi connectivity index (χ4v) is 4.50. The highest BCUT2D eigenvalue weighted by Crippen LogP contribution is 2.15. The second kappa shape index (κ2) is 15.9. The molecule has 0 unspecified atom stereocenters. The molecule has 4 amide bonds. The van der Waals surface area contributed by atoms with Crippen molar-refractivity contribution in [2.75, 3.05) is 20.2 Å². The first-order valence-electron chi connectivity index (χ1n) is 13.4. The Morgan fingerprint density at radius 3 is 2.26 bits per heavy atom. The Balaban J connectivity index is 2.50. The van der Waals surface area contributed by atoms with Crippen LogP contribution in [0.15, 0.2) is 35.3 Å². The molecule has 15 nitrogen and oxygen atoms in total. The van der Waals surface area contributed by atoms with Gasteiger partial charge in [-0.2, -0.15) is 0 Å². The number of guanidine groups is 1. The Morgan fingerprint density at radius 1 is 1.02 bits per heavy atom. The van der Waals surface area contributed by atoms with Crippen LogP contribution in [-0.4, -0.2) is 95.9 Å². The van der Waals surface area contributed by atoms with E-state index in [0.29, 0.717) is 5.56 Å². The summed E-state index contributed by atoms with van der Waals surface area (Å²) in [7, 11) is 1.40. The molecule has 1 aliphatic heterocycles. The van der Waals surface area contributed by atoms with Gasteiger partial charge in [-0.3, -0.25) is 29.0 Å². The smallest absolute Gasteiger partial charge is 0.329 e. The number of carbonyl (C=O) groups is 6. The van der Waals surface area contributed by atoms with Gasteiger partial charge in [-0.25, -0.2) is 4.79 Å². The first-order valence-corrected chi connectivity index (χ1v) is 13.4. The van der Waals surface area contributed by atoms with E-state index < -0.39 is 78.7 Å². The number of nitrogens with two attached hydrogens (primary N) is 2. The molecule has 1 saturated heterocycles. The maximum Gasteiger partial charge on any atom is 0.329 e. The molecule has 0 saturated carbocycles. The third kappa shape index (κ3) is 10.4. The summed E-state index contributed by atoms with van der Waals surface area (Å²) in [6, 6.07) is 3.68. The van der Waals surface area contributed by atoms with Crippen molar-refractivity contribution < 1.29 is 38.6 Å². The van der Waals surface area contributed by atoms with Gasteiger partial charge in [0.25, 0.3) is 5.91 Å². The lowest BCUT2D eigenvalue weighted by Crippen LogP contribution is -2.59. The SMILES string of the molecule is CC(C)[C@H]1C(=O)N[C@@H](CCCN=C(N)N)C(=O)OCC(=O)N[C@@H](CC(=O)O)C(=O)N[C@H](Cc2ccccc2)C(=O)N1C. The van der Waals surface area contributed by atoms with E-state index in [2.05, 4.69) is 20.9 Å². The average molecular weight is 590 g/mol. The molecule has 0 spiro atoms. The highest BCUT2D eigenvalue weighted by Gasteiger charge is 2.37. The molecule has 0 aliphatic carbocycles. The zero-order valence-corrected chi connectivity index (χ0v) is 23.9. The summed E-state index contributed by atoms with van der Waals surface area (Å²) in [4.78, 5) is 82.5. The molecular formula is C27H39N7O8. The van der Waals surface area contributed by atoms with Gasteiger partial charge in [0, 0.05) is 20.0 Å². The Hall–Kier alpha value is -4.69. The molecule has 1 aromatic carbocycles. The molecule has 4 atom stereocenters. The monoisotopic (exact) mass is 589 g/mol. The zero-order chi connectivity index (χ0) is 31.4. The van der Waals surface area contributed by atoms with Crippen molar-refractivity contribution in [2.45, 2.75) is 63.7 Å². The molecule has 15 heteroatoms. The van der Waals surface area contributed by atoms with Crippen LogP contribution in [0, 0.1) is 5.92 Å². The minimum Gasteiger partial charge on any atom is -0.481 e. The fourth-order valence-electron chi connectivity index (χ4n) is 4.50. The number of amides is 4. The molecule has 0 radical (unpaired) electrons. The molecule has 1 aliphatic rings. The summed E-state index contributed by atoms with van der Waals surface area (Å²) < 4.78 is 5.09. The van der Waals surface area contributed by atoms with Crippen molar-refractivity contribution in [3.05, 3.63) is 35.9 Å². The summed E-state index contributed by atoms with van der Waals surface area (Å²) >= 11 is 0. The predicted octanol–water partition coefficient (Wildman–Crippen LogP) is -1.75. The molecule has 1 fully saturated rings. The number of hydrogen-bond acceptors (Lipinski definition) is 8. The van der Waals surface area contributed by atoms with E-state index in [-0.39, 0.29) is 31.8 Å². The van der Waals surface area contributed by atoms with Crippen LogP contribution in [0.2, 0.25) is 0 Å². The molecular weight excluding hydrogens is 550 g/mol. The largest absolute Gasteiger partial charge is 0.481 e. The van der Waals surface area contributed by atoms with Gasteiger partial charge in [0.1, 0.15) is 24.2 Å². The Kier molecular flexibility index (Phi) is 12.7. The molecule has 2 rings (SSSR count). The lowest BCUT2D eigenvalue weighted by molar-refractivity contribution is -0.153. The van der Waals surface area contributed by atoms with E-state index in [0.717, 1.165) is 0 Å². The number of nitrogens with one attached hydrogen (secondary N) is 3. The molecule has 1 aromatic rings. The number of esters is 1. The predicted molar refractivity (Wildman–Crippen MR) is 150 cm³/mol. The van der Waals surface area contributed by atoms with E-state index in [1.54, 1.807) is 44.2 Å². The van der Waals surface area contributed by atoms with Crippen molar-refractivity contribution >= 4 is 41.5 Å². The number of cyclic esters (lactones) is 1. The number of carboxylic acid groups (broad SMARTS) is 1. The Bertz CT molecular complexity index is 1170. The highest BCUT2D eigenvalue weighted by atomic mass is 16.5. The van der Waals surface area contributed by atoms with Crippen LogP contribution in [0.25, 0.3) is 0 Å². The fraction of sp³-hybridized carbons (Fsp3) is 0.519. The van der Waals surface area contributed by atoms with Crippen molar-refractivity contribution in [1.82, 2.24) is 20.9 Å². The van der Waals surface area contributed by atoms with Crippen molar-refractivity contribution in [2.24, 2.45) is 22.4 Å². The summed E-state index contributed by atoms with van der Waals surface area (Å²) in [6.45, 7) is 2.73. The topological polar surface area (TPSA) is 236 Å². The van der Waals surface area contributed by atoms with Gasteiger partial charge in [-0.15, -0.1) is 0 Å². The van der Waals surface area contributed by atoms with Gasteiger partial charge in [-0.1, -0.05) is 44.2 Å². The van der Waals surface area contributed by atoms with E-state index in [1.807, 2.05) is 0 Å². The normalized spacial score (nSPS) is 22.7. The number of aliphatic carboxylic acids is 1. The Labute approximate surface area is 243 Å². The minimum atomic E-state index is -1.58. The number of hydrogen-bond donors (Lipinski definition) is 6. The maximum atomic E-state index is 13.8. The lowest BCUT2D eigenvalue weighted by Gasteiger charge is -2.34. The van der Waals surface area contributed by atoms with Crippen LogP contribution >= 0.6 is 0 Å². The van der Waals surface area contributed by atoms with Crippen LogP contribution in [0.3, 0.4) is 0 Å². The van der Waals surface area contributed by atoms with Gasteiger partial charge in [0.15, 0.2) is 12.6 Å². The quantitative estimate of drug-likeness (QED) is 0.0822. The lowest BCUT2D eigenvalue weighted by atomic mass is 9.98. The number of carbonyl (C=O) groups excluding carboxylic acids is 5. The van der Waals surface area contributed by atoms with Gasteiger partial charge in [0.05, 0.1) is 6.42 Å². The summed E-state index contributed by atoms with van der Waals surface area (Å²) in [5, 5.41) is 16.8. The molecule has 0 bridgehead atoms. The summed E-state index contributed by atoms with van der Waals surface area (Å²) in [6.07, 6.45) is -0.464. The van der Waals surface area contributed by atoms with E-state index in [9.17, 15) is 33.9 Å². The average Bonchev–Trinajstić information content (AvgIpc) is 2.91. The van der Waals surface area contributed by atoms with Gasteiger partial charge >= 0.3 is 11.9 Å². The summed E-state index contributed by atoms with van der Waals surface area (Å²) in [5.41, 5.74) is 11.4. The third-order valence-corrected chi connectivity index (χ3v) is 6.48. The first kappa shape index (κ1) is 33.5. The maximum absolute atomic E-state index is 13.8. The molecule has 230 valence electrons. The number of ether oxygens (including phenoxy) is 1. The van der Waals surface area contributed by atoms with Crippen molar-refractivity contribution in [1.29, 1.82) is 0 Å². The minimum absolute atomic E-state index is 0.0188. The van der Waals surface area contributed by atoms with Crippen LogP contribution in [-0.2, 0) is 39.9 Å². The number of likely N-dealkylation sites (N-methyl/N-ethyl adjacent to an activating group) is 1. The van der Waals surface area contributed by atoms with Crippen LogP contribution < -0.4 is 27.4 Å². The second-order valence-electron chi connectivity index (χ2n) is 10.2. The van der Waals surface area contributed by atoms with E-state index >= 15 is 0 Å². The Morgan fingerprint density at radius 2 is 1.67 bits per heavy atom. The third-order valence-electron chi connectivity index (χ3n) is 6.48. The number of aliphatic imine (C=N–C) groups is 1. The van der Waals surface area contributed by atoms with Crippen molar-refractivity contribution in [3.63, 3.8) is 0 Å². The number of benzene rings is 1. The standard InChI is InChI=1S/C27H39N7O8/c1-15(2)22-24(39)32-17(10-7-11-30-27(28)29)26(41)42-14-20(35)31-18(13-21(36)37)23(38)33-19(25(40)34(22)3)12-16-8-5-4-6-9-16/h4-6,8-9,15,17-19,22H,7,10-14H2,1-3H3,(H,31,35)(H,32,39)(H,33,38)(H,36,37)(H4,28,29,30)/t17-,18-,19+,22-/m0/s1. The van der Waals surface area contributed by atoms with Crippen LogP contribution in [0.1, 0.15) is 38.7 Å². The second-order valence-corrected chi connectivity index (χ2v) is 10.2. The first-order chi connectivity index (χ1) is 19.8. The van der Waals surface area contributed by atoms with Gasteiger partial charge < -0.3 is 42.2 Å². The van der Waals surface area contributed by atoms with E-state index in [1.165, 1.54) is 11.9 Å². The zero-order valence-electron chi connectivity index (χ0n) is 23.9. The van der Waals surface area contributed by atoms with Crippen LogP contribution in [0.4, 0.5) is 0 Å². The molecule has 1 heterocycles. The van der Waals surface area contributed by atoms with Gasteiger partial charge in [-0.05, 0) is 24.3 Å². The molecule has 42 heavy (non-hydrogen) atoms. The van der Waals surface area contributed by atoms with Crippen LogP contribution in [0.5, 0.6) is 0 Å².